The lowest BCUT2D eigenvalue weighted by atomic mass is 10.0. The van der Waals surface area contributed by atoms with E-state index in [1.165, 1.54) is 7.11 Å². The SMILES string of the molecule is COC(=O)C1=C(C)N(c2ccc(C)c(C)c2)C(=O)/C1=C\c1ccc(OC)cc1. The van der Waals surface area contributed by atoms with E-state index >= 15 is 0 Å². The van der Waals surface area contributed by atoms with Crippen LogP contribution < -0.4 is 9.64 Å². The highest BCUT2D eigenvalue weighted by molar-refractivity contribution is 6.23. The molecule has 144 valence electrons. The zero-order valence-corrected chi connectivity index (χ0v) is 16.7. The maximum absolute atomic E-state index is 13.3. The van der Waals surface area contributed by atoms with Crippen molar-refractivity contribution in [2.75, 3.05) is 19.1 Å². The molecule has 2 aromatic rings. The molecular weight excluding hydrogens is 354 g/mol. The van der Waals surface area contributed by atoms with E-state index in [-0.39, 0.29) is 11.5 Å². The summed E-state index contributed by atoms with van der Waals surface area (Å²) in [5.41, 5.74) is 4.88. The molecule has 0 unspecified atom stereocenters. The molecule has 1 aliphatic heterocycles. The van der Waals surface area contributed by atoms with Crippen LogP contribution in [0.5, 0.6) is 5.75 Å². The first-order valence-electron chi connectivity index (χ1n) is 8.94. The molecular formula is C23H23NO4. The zero-order chi connectivity index (χ0) is 20.4. The number of carbonyl (C=O) groups excluding carboxylic acids is 2. The second kappa shape index (κ2) is 7.72. The van der Waals surface area contributed by atoms with Gasteiger partial charge in [-0.1, -0.05) is 18.2 Å². The molecule has 0 fully saturated rings. The first-order chi connectivity index (χ1) is 13.4. The van der Waals surface area contributed by atoms with Gasteiger partial charge in [-0.2, -0.15) is 0 Å². The van der Waals surface area contributed by atoms with E-state index in [9.17, 15) is 9.59 Å². The molecule has 0 radical (unpaired) electrons. The van der Waals surface area contributed by atoms with Gasteiger partial charge in [0, 0.05) is 11.4 Å². The standard InChI is InChI=1S/C23H23NO4/c1-14-6-9-18(12-15(14)2)24-16(3)21(23(26)28-5)20(22(24)25)13-17-7-10-19(27-4)11-8-17/h6-13H,1-5H3/b20-13-. The molecule has 1 heterocycles. The van der Waals surface area contributed by atoms with Crippen LogP contribution in [0.15, 0.2) is 59.3 Å². The van der Waals surface area contributed by atoms with Gasteiger partial charge in [-0.3, -0.25) is 9.69 Å². The Bertz CT molecular complexity index is 1000. The number of methoxy groups -OCH3 is 2. The quantitative estimate of drug-likeness (QED) is 0.592. The summed E-state index contributed by atoms with van der Waals surface area (Å²) >= 11 is 0. The van der Waals surface area contributed by atoms with Crippen molar-refractivity contribution in [3.8, 4) is 5.75 Å². The highest BCUT2D eigenvalue weighted by atomic mass is 16.5. The zero-order valence-electron chi connectivity index (χ0n) is 16.7. The first kappa shape index (κ1) is 19.4. The fourth-order valence-electron chi connectivity index (χ4n) is 3.22. The van der Waals surface area contributed by atoms with Gasteiger partial charge in [-0.05, 0) is 67.8 Å². The number of hydrogen-bond donors (Lipinski definition) is 0. The third-order valence-electron chi connectivity index (χ3n) is 4.97. The largest absolute Gasteiger partial charge is 0.497 e. The number of ether oxygens (including phenoxy) is 2. The molecule has 28 heavy (non-hydrogen) atoms. The minimum Gasteiger partial charge on any atom is -0.497 e. The van der Waals surface area contributed by atoms with Gasteiger partial charge >= 0.3 is 5.97 Å². The summed E-state index contributed by atoms with van der Waals surface area (Å²) in [5, 5.41) is 0. The third kappa shape index (κ3) is 3.43. The highest BCUT2D eigenvalue weighted by Gasteiger charge is 2.37. The van der Waals surface area contributed by atoms with E-state index in [0.29, 0.717) is 11.3 Å². The fraction of sp³-hybridized carbons (Fsp3) is 0.217. The second-order valence-corrected chi connectivity index (χ2v) is 6.69. The Morgan fingerprint density at radius 1 is 0.964 bits per heavy atom. The number of rotatable bonds is 4. The molecule has 0 N–H and O–H groups in total. The van der Waals surface area contributed by atoms with Crippen LogP contribution in [-0.2, 0) is 14.3 Å². The predicted octanol–water partition coefficient (Wildman–Crippen LogP) is 4.19. The Morgan fingerprint density at radius 2 is 1.64 bits per heavy atom. The third-order valence-corrected chi connectivity index (χ3v) is 4.97. The summed E-state index contributed by atoms with van der Waals surface area (Å²) in [4.78, 5) is 27.3. The van der Waals surface area contributed by atoms with Crippen LogP contribution in [0.1, 0.15) is 23.6 Å². The van der Waals surface area contributed by atoms with Crippen molar-refractivity contribution in [1.29, 1.82) is 0 Å². The number of nitrogens with zero attached hydrogens (tertiary/aromatic N) is 1. The number of esters is 1. The van der Waals surface area contributed by atoms with Crippen LogP contribution in [0.4, 0.5) is 5.69 Å². The van der Waals surface area contributed by atoms with E-state index in [2.05, 4.69) is 0 Å². The van der Waals surface area contributed by atoms with Gasteiger partial charge in [0.15, 0.2) is 0 Å². The van der Waals surface area contributed by atoms with Crippen molar-refractivity contribution < 1.29 is 19.1 Å². The van der Waals surface area contributed by atoms with Crippen LogP contribution in [0.2, 0.25) is 0 Å². The van der Waals surface area contributed by atoms with Crippen LogP contribution in [0.25, 0.3) is 6.08 Å². The monoisotopic (exact) mass is 377 g/mol. The van der Waals surface area contributed by atoms with Crippen molar-refractivity contribution in [2.24, 2.45) is 0 Å². The van der Waals surface area contributed by atoms with E-state index in [0.717, 1.165) is 28.1 Å². The van der Waals surface area contributed by atoms with Crippen LogP contribution in [-0.4, -0.2) is 26.1 Å². The molecule has 3 rings (SSSR count). The van der Waals surface area contributed by atoms with Crippen molar-refractivity contribution in [1.82, 2.24) is 0 Å². The summed E-state index contributed by atoms with van der Waals surface area (Å²) in [5.74, 6) is -0.0644. The normalized spacial score (nSPS) is 15.4. The van der Waals surface area contributed by atoms with Crippen molar-refractivity contribution in [3.05, 3.63) is 76.0 Å². The maximum atomic E-state index is 13.3. The van der Waals surface area contributed by atoms with Gasteiger partial charge in [0.25, 0.3) is 5.91 Å². The molecule has 0 aromatic heterocycles. The van der Waals surface area contributed by atoms with Gasteiger partial charge in [0.05, 0.1) is 25.4 Å². The molecule has 1 amide bonds. The van der Waals surface area contributed by atoms with E-state index < -0.39 is 5.97 Å². The second-order valence-electron chi connectivity index (χ2n) is 6.69. The number of benzene rings is 2. The van der Waals surface area contributed by atoms with Crippen molar-refractivity contribution >= 4 is 23.6 Å². The number of amides is 1. The fourth-order valence-corrected chi connectivity index (χ4v) is 3.22. The molecule has 1 aliphatic rings. The maximum Gasteiger partial charge on any atom is 0.340 e. The van der Waals surface area contributed by atoms with E-state index in [1.807, 2.05) is 44.2 Å². The molecule has 0 spiro atoms. The first-order valence-corrected chi connectivity index (χ1v) is 8.94. The van der Waals surface area contributed by atoms with Gasteiger partial charge in [-0.25, -0.2) is 4.79 Å². The Balaban J connectivity index is 2.11. The average Bonchev–Trinajstić information content (AvgIpc) is 2.94. The summed E-state index contributed by atoms with van der Waals surface area (Å²) in [6, 6.07) is 13.1. The molecule has 5 nitrogen and oxygen atoms in total. The minimum atomic E-state index is -0.531. The molecule has 0 atom stereocenters. The van der Waals surface area contributed by atoms with E-state index in [4.69, 9.17) is 9.47 Å². The Labute approximate surface area is 164 Å². The molecule has 0 saturated carbocycles. The summed E-state index contributed by atoms with van der Waals surface area (Å²) in [6.45, 7) is 5.77. The lowest BCUT2D eigenvalue weighted by molar-refractivity contribution is -0.136. The minimum absolute atomic E-state index is 0.253. The Kier molecular flexibility index (Phi) is 5.36. The number of anilines is 1. The van der Waals surface area contributed by atoms with Crippen molar-refractivity contribution in [3.63, 3.8) is 0 Å². The number of hydrogen-bond acceptors (Lipinski definition) is 4. The smallest absolute Gasteiger partial charge is 0.340 e. The Morgan fingerprint density at radius 3 is 2.21 bits per heavy atom. The lowest BCUT2D eigenvalue weighted by Gasteiger charge is -2.19. The summed E-state index contributed by atoms with van der Waals surface area (Å²) in [6.07, 6.45) is 1.71. The number of carbonyl (C=O) groups is 2. The average molecular weight is 377 g/mol. The van der Waals surface area contributed by atoms with Crippen molar-refractivity contribution in [2.45, 2.75) is 20.8 Å². The van der Waals surface area contributed by atoms with Crippen LogP contribution >= 0.6 is 0 Å². The molecule has 5 heteroatoms. The summed E-state index contributed by atoms with van der Waals surface area (Å²) < 4.78 is 10.1. The topological polar surface area (TPSA) is 55.8 Å². The highest BCUT2D eigenvalue weighted by Crippen LogP contribution is 2.36. The lowest BCUT2D eigenvalue weighted by Crippen LogP contribution is -2.24. The molecule has 0 bridgehead atoms. The molecule has 2 aromatic carbocycles. The van der Waals surface area contributed by atoms with Gasteiger partial charge in [-0.15, -0.1) is 0 Å². The summed E-state index contributed by atoms with van der Waals surface area (Å²) in [7, 11) is 2.91. The molecule has 0 aliphatic carbocycles. The Hall–Kier alpha value is -3.34. The number of allylic oxidation sites excluding steroid dienone is 1. The van der Waals surface area contributed by atoms with E-state index in [1.54, 1.807) is 37.1 Å². The van der Waals surface area contributed by atoms with Crippen LogP contribution in [0.3, 0.4) is 0 Å². The van der Waals surface area contributed by atoms with Gasteiger partial charge in [0.2, 0.25) is 0 Å². The van der Waals surface area contributed by atoms with Gasteiger partial charge in [0.1, 0.15) is 5.75 Å². The predicted molar refractivity (Wildman–Crippen MR) is 109 cm³/mol. The van der Waals surface area contributed by atoms with Crippen LogP contribution in [0, 0.1) is 13.8 Å². The number of aryl methyl sites for hydroxylation is 2. The van der Waals surface area contributed by atoms with Gasteiger partial charge < -0.3 is 9.47 Å². The molecule has 0 saturated heterocycles.